The highest BCUT2D eigenvalue weighted by atomic mass is 19.3. The van der Waals surface area contributed by atoms with E-state index < -0.39 is 37.1 Å². The SMILES string of the molecule is C[C@@H]1Cc2c([nH]c3ccccc23)[C@@H](c2cnc(N3CCC(CN4CCC5(CC4)COc4cc6c(cc45)CN(C4CCC(=O)NC4=O)C6=O)CC3)nc2)N1CC(F)(F)CO. The van der Waals surface area contributed by atoms with E-state index in [2.05, 4.69) is 32.2 Å². The van der Waals surface area contributed by atoms with Crippen LogP contribution in [0, 0.1) is 5.92 Å². The molecule has 0 bridgehead atoms. The van der Waals surface area contributed by atoms with Gasteiger partial charge in [0.05, 0.1) is 19.2 Å². The molecule has 0 aliphatic carbocycles. The van der Waals surface area contributed by atoms with Gasteiger partial charge in [0.1, 0.15) is 18.4 Å². The van der Waals surface area contributed by atoms with E-state index in [0.29, 0.717) is 43.4 Å². The van der Waals surface area contributed by atoms with Gasteiger partial charge in [-0.25, -0.2) is 18.7 Å². The van der Waals surface area contributed by atoms with Gasteiger partial charge in [-0.3, -0.25) is 24.6 Å². The fraction of sp³-hybridized carbons (Fsp3) is 0.523. The number of carbonyl (C=O) groups excluding carboxylic acids is 3. The summed E-state index contributed by atoms with van der Waals surface area (Å²) in [6, 6.07) is 10.7. The summed E-state index contributed by atoms with van der Waals surface area (Å²) >= 11 is 0. The molecule has 0 saturated carbocycles. The van der Waals surface area contributed by atoms with E-state index in [1.807, 2.05) is 31.2 Å². The monoisotopic (exact) mass is 808 g/mol. The third kappa shape index (κ3) is 6.74. The number of piperidine rings is 3. The van der Waals surface area contributed by atoms with Crippen LogP contribution in [0.25, 0.3) is 10.9 Å². The number of likely N-dealkylation sites (tertiary alicyclic amines) is 1. The van der Waals surface area contributed by atoms with Gasteiger partial charge in [0, 0.05) is 89.7 Å². The van der Waals surface area contributed by atoms with Crippen LogP contribution < -0.4 is 15.0 Å². The number of benzene rings is 2. The summed E-state index contributed by atoms with van der Waals surface area (Å²) in [7, 11) is 0. The second kappa shape index (κ2) is 14.6. The number of hydrogen-bond acceptors (Lipinski definition) is 10. The van der Waals surface area contributed by atoms with Gasteiger partial charge in [0.15, 0.2) is 0 Å². The smallest absolute Gasteiger partial charge is 0.283 e. The molecule has 2 aromatic carbocycles. The molecular weight excluding hydrogens is 759 g/mol. The fourth-order valence-electron chi connectivity index (χ4n) is 10.7. The maximum absolute atomic E-state index is 14.7. The number of fused-ring (bicyclic) bond motifs is 6. The second-order valence-electron chi connectivity index (χ2n) is 17.7. The van der Waals surface area contributed by atoms with Crippen LogP contribution in [-0.2, 0) is 28.0 Å². The standard InChI is InChI=1S/C44H50F2N8O5/c1-26-16-32-30-4-2-3-5-34(30)49-38(32)39(54(26)23-44(45,46)24-55)29-19-47-42(48-20-29)52-12-8-27(9-13-52)21-51-14-10-43(11-15-51)25-59-36-18-31-28(17-33(36)43)22-53(41(31)58)35-6-7-37(56)50-40(35)57/h2-5,17-20,26-27,35,39,49,55H,6-16,21-25H2,1H3,(H,50,56,57)/t26-,35?,39-/m1/s1. The number of ether oxygens (including phenoxy) is 1. The highest BCUT2D eigenvalue weighted by Crippen LogP contribution is 2.48. The van der Waals surface area contributed by atoms with Crippen LogP contribution in [0.2, 0.25) is 0 Å². The number of aliphatic hydroxyl groups is 1. The van der Waals surface area contributed by atoms with Crippen molar-refractivity contribution in [3.63, 3.8) is 0 Å². The van der Waals surface area contributed by atoms with Crippen molar-refractivity contribution in [1.29, 1.82) is 0 Å². The number of imide groups is 1. The number of anilines is 1. The van der Waals surface area contributed by atoms with Crippen LogP contribution in [0.15, 0.2) is 48.8 Å². The van der Waals surface area contributed by atoms with Crippen molar-refractivity contribution >= 4 is 34.6 Å². The van der Waals surface area contributed by atoms with E-state index in [4.69, 9.17) is 14.7 Å². The lowest BCUT2D eigenvalue weighted by molar-refractivity contribution is -0.136. The Hall–Kier alpha value is -4.99. The number of hydrogen-bond donors (Lipinski definition) is 3. The number of rotatable bonds is 8. The first kappa shape index (κ1) is 38.2. The van der Waals surface area contributed by atoms with Crippen molar-refractivity contribution in [3.8, 4) is 5.75 Å². The third-order valence-electron chi connectivity index (χ3n) is 14.1. The topological polar surface area (TPSA) is 147 Å². The predicted octanol–water partition coefficient (Wildman–Crippen LogP) is 4.33. The van der Waals surface area contributed by atoms with Crippen LogP contribution in [0.1, 0.15) is 89.8 Å². The van der Waals surface area contributed by atoms with Gasteiger partial charge in [-0.1, -0.05) is 18.2 Å². The minimum atomic E-state index is -3.25. The van der Waals surface area contributed by atoms with Crippen molar-refractivity contribution in [1.82, 2.24) is 35.0 Å². The van der Waals surface area contributed by atoms with Crippen LogP contribution >= 0.6 is 0 Å². The summed E-state index contributed by atoms with van der Waals surface area (Å²) in [5.41, 5.74) is 6.29. The number of aromatic amines is 1. The number of nitrogens with one attached hydrogen (secondary N) is 2. The minimum absolute atomic E-state index is 0.0961. The van der Waals surface area contributed by atoms with Gasteiger partial charge in [-0.05, 0) is 93.8 Å². The average Bonchev–Trinajstić information content (AvgIpc) is 3.89. The quantitative estimate of drug-likeness (QED) is 0.220. The molecule has 13 nitrogen and oxygen atoms in total. The Bertz CT molecular complexity index is 2300. The average molecular weight is 809 g/mol. The lowest BCUT2D eigenvalue weighted by Gasteiger charge is -2.42. The molecule has 3 N–H and O–H groups in total. The number of amides is 3. The summed E-state index contributed by atoms with van der Waals surface area (Å²) in [5.74, 6) is -2.16. The maximum atomic E-state index is 14.7. The first-order valence-electron chi connectivity index (χ1n) is 21.1. The van der Waals surface area contributed by atoms with Gasteiger partial charge < -0.3 is 29.5 Å². The normalized spacial score (nSPS) is 25.0. The molecule has 0 radical (unpaired) electrons. The number of nitrogens with zero attached hydrogens (tertiary/aromatic N) is 6. The summed E-state index contributed by atoms with van der Waals surface area (Å²) in [6.45, 7) is 5.78. The molecule has 3 amide bonds. The van der Waals surface area contributed by atoms with Crippen LogP contribution in [0.4, 0.5) is 14.7 Å². The molecule has 1 spiro atoms. The Labute approximate surface area is 341 Å². The Morgan fingerprint density at radius 3 is 2.53 bits per heavy atom. The van der Waals surface area contributed by atoms with Crippen LogP contribution in [0.5, 0.6) is 5.75 Å². The van der Waals surface area contributed by atoms with Gasteiger partial charge in [0.2, 0.25) is 17.8 Å². The Balaban J connectivity index is 0.764. The number of aliphatic hydroxyl groups excluding tert-OH is 1. The summed E-state index contributed by atoms with van der Waals surface area (Å²) in [5, 5.41) is 13.0. The van der Waals surface area contributed by atoms with Crippen molar-refractivity contribution in [2.24, 2.45) is 5.92 Å². The van der Waals surface area contributed by atoms with E-state index in [9.17, 15) is 28.3 Å². The number of halogens is 2. The highest BCUT2D eigenvalue weighted by molar-refractivity contribution is 6.05. The minimum Gasteiger partial charge on any atom is -0.492 e. The first-order chi connectivity index (χ1) is 28.5. The molecular formula is C44H50F2N8O5. The van der Waals surface area contributed by atoms with Gasteiger partial charge in [0.25, 0.3) is 11.8 Å². The lowest BCUT2D eigenvalue weighted by atomic mass is 9.73. The van der Waals surface area contributed by atoms with E-state index in [1.54, 1.807) is 22.2 Å². The zero-order valence-corrected chi connectivity index (χ0v) is 33.3. The molecule has 6 aliphatic heterocycles. The van der Waals surface area contributed by atoms with Gasteiger partial charge in [-0.15, -0.1) is 0 Å². The number of carbonyl (C=O) groups is 3. The molecule has 3 atom stereocenters. The molecule has 2 aromatic heterocycles. The number of aromatic nitrogens is 3. The van der Waals surface area contributed by atoms with E-state index in [-0.39, 0.29) is 29.7 Å². The highest BCUT2D eigenvalue weighted by Gasteiger charge is 2.47. The zero-order chi connectivity index (χ0) is 40.6. The van der Waals surface area contributed by atoms with E-state index >= 15 is 0 Å². The molecule has 15 heteroatoms. The number of alkyl halides is 2. The second-order valence-corrected chi connectivity index (χ2v) is 17.7. The zero-order valence-electron chi connectivity index (χ0n) is 33.3. The van der Waals surface area contributed by atoms with Crippen molar-refractivity contribution in [3.05, 3.63) is 82.3 Å². The van der Waals surface area contributed by atoms with Crippen LogP contribution in [-0.4, -0.2) is 123 Å². The third-order valence-corrected chi connectivity index (χ3v) is 14.1. The largest absolute Gasteiger partial charge is 0.492 e. The Morgan fingerprint density at radius 1 is 1.02 bits per heavy atom. The summed E-state index contributed by atoms with van der Waals surface area (Å²) in [4.78, 5) is 59.0. The number of para-hydroxylation sites is 1. The van der Waals surface area contributed by atoms with Gasteiger partial charge in [-0.2, -0.15) is 0 Å². The van der Waals surface area contributed by atoms with Crippen molar-refractivity contribution in [2.45, 2.75) is 87.9 Å². The Morgan fingerprint density at radius 2 is 1.78 bits per heavy atom. The van der Waals surface area contributed by atoms with Crippen LogP contribution in [0.3, 0.4) is 0 Å². The molecule has 310 valence electrons. The summed E-state index contributed by atoms with van der Waals surface area (Å²) in [6.07, 6.45) is 8.73. The number of H-pyrrole nitrogens is 1. The molecule has 3 saturated heterocycles. The Kier molecular flexibility index (Phi) is 9.48. The maximum Gasteiger partial charge on any atom is 0.283 e. The molecule has 59 heavy (non-hydrogen) atoms. The van der Waals surface area contributed by atoms with Crippen molar-refractivity contribution < 1.29 is 33.0 Å². The van der Waals surface area contributed by atoms with Crippen molar-refractivity contribution in [2.75, 3.05) is 57.4 Å². The first-order valence-corrected chi connectivity index (χ1v) is 21.1. The molecule has 3 fully saturated rings. The molecule has 6 aliphatic rings. The molecule has 1 unspecified atom stereocenters. The molecule has 4 aromatic rings. The van der Waals surface area contributed by atoms with E-state index in [0.717, 1.165) is 97.4 Å². The molecule has 10 rings (SSSR count). The lowest BCUT2D eigenvalue weighted by Crippen LogP contribution is -2.52. The van der Waals surface area contributed by atoms with E-state index in [1.165, 1.54) is 5.56 Å². The fourth-order valence-corrected chi connectivity index (χ4v) is 10.7. The van der Waals surface area contributed by atoms with Gasteiger partial charge >= 0.3 is 0 Å². The predicted molar refractivity (Wildman–Crippen MR) is 214 cm³/mol. The summed E-state index contributed by atoms with van der Waals surface area (Å²) < 4.78 is 35.7. The molecule has 8 heterocycles.